The molecule has 0 saturated carbocycles. The van der Waals surface area contributed by atoms with Crippen LogP contribution in [0.3, 0.4) is 0 Å². The Hall–Kier alpha value is -2.38. The van der Waals surface area contributed by atoms with Gasteiger partial charge < -0.3 is 5.11 Å². The number of hydrogen-bond acceptors (Lipinski definition) is 3. The molecule has 0 aliphatic heterocycles. The molecule has 5 nitrogen and oxygen atoms in total. The van der Waals surface area contributed by atoms with Gasteiger partial charge in [-0.15, -0.1) is 5.10 Å². The topological polar surface area (TPSA) is 68.0 Å². The molecule has 0 unspecified atom stereocenters. The third-order valence-electron chi connectivity index (χ3n) is 2.98. The summed E-state index contributed by atoms with van der Waals surface area (Å²) in [5, 5.41) is 16.3. The molecule has 112 valence electrons. The number of benzene rings is 1. The van der Waals surface area contributed by atoms with Crippen molar-refractivity contribution in [1.29, 1.82) is 0 Å². The molecule has 0 fully saturated rings. The zero-order valence-corrected chi connectivity index (χ0v) is 11.1. The summed E-state index contributed by atoms with van der Waals surface area (Å²) in [7, 11) is 0. The van der Waals surface area contributed by atoms with Crippen LogP contribution in [0.25, 0.3) is 5.69 Å². The largest absolute Gasteiger partial charge is 0.481 e. The molecule has 0 bridgehead atoms. The lowest BCUT2D eigenvalue weighted by atomic mass is 10.2. The Bertz CT molecular complexity index is 665. The predicted octanol–water partition coefficient (Wildman–Crippen LogP) is 2.61. The molecular formula is C13H12F3N3O2. The third kappa shape index (κ3) is 3.39. The number of hydrogen-bond donors (Lipinski definition) is 1. The number of aryl methyl sites for hydroxylation is 1. The smallest absolute Gasteiger partial charge is 0.416 e. The van der Waals surface area contributed by atoms with E-state index in [0.717, 1.165) is 12.1 Å². The molecule has 0 radical (unpaired) electrons. The standard InChI is InChI=1S/C13H12F3N3O2/c1-8-11(5-6-12(20)21)17-18-19(8)10-4-2-3-9(7-10)13(14,15)16/h2-4,7H,5-6H2,1H3,(H,20,21). The lowest BCUT2D eigenvalue weighted by molar-refractivity contribution is -0.138. The highest BCUT2D eigenvalue weighted by Crippen LogP contribution is 2.30. The third-order valence-corrected chi connectivity index (χ3v) is 2.98. The Balaban J connectivity index is 2.33. The zero-order valence-electron chi connectivity index (χ0n) is 11.1. The van der Waals surface area contributed by atoms with Crippen molar-refractivity contribution in [3.63, 3.8) is 0 Å². The van der Waals surface area contributed by atoms with Crippen molar-refractivity contribution in [2.45, 2.75) is 25.9 Å². The molecule has 2 rings (SSSR count). The van der Waals surface area contributed by atoms with Crippen LogP contribution in [-0.2, 0) is 17.4 Å². The molecule has 1 N–H and O–H groups in total. The zero-order chi connectivity index (χ0) is 15.6. The number of rotatable bonds is 4. The monoisotopic (exact) mass is 299 g/mol. The first-order chi connectivity index (χ1) is 9.79. The van der Waals surface area contributed by atoms with Crippen LogP contribution in [0.2, 0.25) is 0 Å². The van der Waals surface area contributed by atoms with E-state index in [9.17, 15) is 18.0 Å². The Morgan fingerprint density at radius 3 is 2.71 bits per heavy atom. The van der Waals surface area contributed by atoms with Crippen LogP contribution >= 0.6 is 0 Å². The second-order valence-electron chi connectivity index (χ2n) is 4.48. The number of nitrogens with zero attached hydrogens (tertiary/aromatic N) is 3. The lowest BCUT2D eigenvalue weighted by Crippen LogP contribution is -2.07. The van der Waals surface area contributed by atoms with Crippen molar-refractivity contribution < 1.29 is 23.1 Å². The maximum atomic E-state index is 12.7. The van der Waals surface area contributed by atoms with Gasteiger partial charge in [0.1, 0.15) is 0 Å². The van der Waals surface area contributed by atoms with Gasteiger partial charge in [0.15, 0.2) is 0 Å². The molecule has 1 heterocycles. The number of aromatic nitrogens is 3. The van der Waals surface area contributed by atoms with E-state index in [0.29, 0.717) is 11.4 Å². The highest BCUT2D eigenvalue weighted by atomic mass is 19.4. The van der Waals surface area contributed by atoms with Gasteiger partial charge in [0.25, 0.3) is 0 Å². The molecule has 2 aromatic rings. The number of carboxylic acid groups (broad SMARTS) is 1. The van der Waals surface area contributed by atoms with Crippen molar-refractivity contribution >= 4 is 5.97 Å². The first-order valence-electron chi connectivity index (χ1n) is 6.09. The van der Waals surface area contributed by atoms with E-state index in [1.54, 1.807) is 6.92 Å². The van der Waals surface area contributed by atoms with Crippen LogP contribution in [-0.4, -0.2) is 26.1 Å². The first kappa shape index (κ1) is 15.0. The lowest BCUT2D eigenvalue weighted by Gasteiger charge is -2.09. The maximum Gasteiger partial charge on any atom is 0.416 e. The molecule has 0 atom stereocenters. The maximum absolute atomic E-state index is 12.7. The summed E-state index contributed by atoms with van der Waals surface area (Å²) < 4.78 is 39.3. The SMILES string of the molecule is Cc1c(CCC(=O)O)nnn1-c1cccc(C(F)(F)F)c1. The van der Waals surface area contributed by atoms with E-state index in [-0.39, 0.29) is 18.5 Å². The van der Waals surface area contributed by atoms with Crippen LogP contribution in [0, 0.1) is 6.92 Å². The van der Waals surface area contributed by atoms with Crippen LogP contribution in [0.5, 0.6) is 0 Å². The van der Waals surface area contributed by atoms with E-state index in [4.69, 9.17) is 5.11 Å². The number of aliphatic carboxylic acids is 1. The second kappa shape index (κ2) is 5.55. The average molecular weight is 299 g/mol. The van der Waals surface area contributed by atoms with Gasteiger partial charge in [-0.1, -0.05) is 11.3 Å². The van der Waals surface area contributed by atoms with E-state index in [2.05, 4.69) is 10.3 Å². The van der Waals surface area contributed by atoms with Crippen molar-refractivity contribution in [2.24, 2.45) is 0 Å². The first-order valence-corrected chi connectivity index (χ1v) is 6.09. The number of carbonyl (C=O) groups is 1. The van der Waals surface area contributed by atoms with Crippen molar-refractivity contribution in [3.8, 4) is 5.69 Å². The fraction of sp³-hybridized carbons (Fsp3) is 0.308. The summed E-state index contributed by atoms with van der Waals surface area (Å²) in [6, 6.07) is 4.72. The fourth-order valence-electron chi connectivity index (χ4n) is 1.88. The highest BCUT2D eigenvalue weighted by Gasteiger charge is 2.30. The van der Waals surface area contributed by atoms with Gasteiger partial charge in [0.2, 0.25) is 0 Å². The Kier molecular flexibility index (Phi) is 3.97. The van der Waals surface area contributed by atoms with Crippen LogP contribution in [0.1, 0.15) is 23.4 Å². The summed E-state index contributed by atoms with van der Waals surface area (Å²) in [6.07, 6.45) is -4.36. The molecule has 0 amide bonds. The minimum Gasteiger partial charge on any atom is -0.481 e. The minimum atomic E-state index is -4.43. The summed E-state index contributed by atoms with van der Waals surface area (Å²) in [5.74, 6) is -0.969. The van der Waals surface area contributed by atoms with Crippen LogP contribution in [0.4, 0.5) is 13.2 Å². The highest BCUT2D eigenvalue weighted by molar-refractivity contribution is 5.67. The van der Waals surface area contributed by atoms with E-state index < -0.39 is 17.7 Å². The van der Waals surface area contributed by atoms with Gasteiger partial charge in [-0.25, -0.2) is 4.68 Å². The second-order valence-corrected chi connectivity index (χ2v) is 4.48. The number of halogens is 3. The van der Waals surface area contributed by atoms with E-state index >= 15 is 0 Å². The summed E-state index contributed by atoms with van der Waals surface area (Å²) in [5.41, 5.74) is 0.434. The van der Waals surface area contributed by atoms with Crippen molar-refractivity contribution in [1.82, 2.24) is 15.0 Å². The van der Waals surface area contributed by atoms with Crippen LogP contribution in [0.15, 0.2) is 24.3 Å². The Morgan fingerprint density at radius 2 is 2.10 bits per heavy atom. The van der Waals surface area contributed by atoms with Crippen molar-refractivity contribution in [3.05, 3.63) is 41.2 Å². The number of carboxylic acids is 1. The van der Waals surface area contributed by atoms with Gasteiger partial charge in [-0.2, -0.15) is 13.2 Å². The van der Waals surface area contributed by atoms with Gasteiger partial charge in [0.05, 0.1) is 29.1 Å². The van der Waals surface area contributed by atoms with E-state index in [1.165, 1.54) is 16.8 Å². The number of alkyl halides is 3. The van der Waals surface area contributed by atoms with Gasteiger partial charge in [0, 0.05) is 6.42 Å². The Morgan fingerprint density at radius 1 is 1.38 bits per heavy atom. The van der Waals surface area contributed by atoms with Gasteiger partial charge >= 0.3 is 12.1 Å². The predicted molar refractivity (Wildman–Crippen MR) is 67.1 cm³/mol. The normalized spacial score (nSPS) is 11.6. The Labute approximate surface area is 118 Å². The molecule has 1 aromatic carbocycles. The molecule has 0 aliphatic rings. The summed E-state index contributed by atoms with van der Waals surface area (Å²) >= 11 is 0. The summed E-state index contributed by atoms with van der Waals surface area (Å²) in [4.78, 5) is 10.5. The molecule has 0 saturated heterocycles. The summed E-state index contributed by atoms with van der Waals surface area (Å²) in [6.45, 7) is 1.64. The molecule has 8 heteroatoms. The van der Waals surface area contributed by atoms with Gasteiger partial charge in [-0.05, 0) is 25.1 Å². The minimum absolute atomic E-state index is 0.109. The van der Waals surface area contributed by atoms with Crippen LogP contribution < -0.4 is 0 Å². The fourth-order valence-corrected chi connectivity index (χ4v) is 1.88. The molecule has 21 heavy (non-hydrogen) atoms. The molecular weight excluding hydrogens is 287 g/mol. The molecule has 0 spiro atoms. The van der Waals surface area contributed by atoms with E-state index in [1.807, 2.05) is 0 Å². The van der Waals surface area contributed by atoms with Crippen molar-refractivity contribution in [2.75, 3.05) is 0 Å². The van der Waals surface area contributed by atoms with Gasteiger partial charge in [-0.3, -0.25) is 4.79 Å². The quantitative estimate of drug-likeness (QED) is 0.942. The molecule has 1 aromatic heterocycles. The average Bonchev–Trinajstić information content (AvgIpc) is 2.77. The molecule has 0 aliphatic carbocycles.